The second-order valence-corrected chi connectivity index (χ2v) is 5.53. The lowest BCUT2D eigenvalue weighted by Crippen LogP contribution is -2.45. The van der Waals surface area contributed by atoms with E-state index in [4.69, 9.17) is 0 Å². The van der Waals surface area contributed by atoms with Crippen LogP contribution in [-0.4, -0.2) is 49.2 Å². The molecule has 0 radical (unpaired) electrons. The summed E-state index contributed by atoms with van der Waals surface area (Å²) in [5.41, 5.74) is 2.26. The first kappa shape index (κ1) is 13.9. The number of rotatable bonds is 3. The molecule has 1 aromatic rings. The number of carbonyl (C=O) groups is 1. The average Bonchev–Trinajstić information content (AvgIpc) is 2.38. The number of aromatic carboxylic acids is 1. The van der Waals surface area contributed by atoms with Crippen LogP contribution >= 0.6 is 0 Å². The van der Waals surface area contributed by atoms with Crippen LogP contribution in [0.2, 0.25) is 0 Å². The Bertz CT molecular complexity index is 471. The van der Waals surface area contributed by atoms with Crippen LogP contribution in [0.25, 0.3) is 0 Å². The Balaban J connectivity index is 2.28. The topological polar surface area (TPSA) is 43.8 Å². The van der Waals surface area contributed by atoms with Gasteiger partial charge in [0.25, 0.3) is 0 Å². The molecule has 0 spiro atoms. The molecule has 2 rings (SSSR count). The number of hydrogen-bond donors (Lipinski definition) is 1. The van der Waals surface area contributed by atoms with E-state index in [1.807, 2.05) is 19.1 Å². The summed E-state index contributed by atoms with van der Waals surface area (Å²) in [6.45, 7) is 3.76. The number of carboxylic acid groups (broad SMARTS) is 1. The molecule has 1 aliphatic heterocycles. The van der Waals surface area contributed by atoms with E-state index in [0.29, 0.717) is 11.6 Å². The van der Waals surface area contributed by atoms with Gasteiger partial charge in [0, 0.05) is 19.1 Å². The van der Waals surface area contributed by atoms with Crippen LogP contribution in [0.4, 0.5) is 5.69 Å². The minimum Gasteiger partial charge on any atom is -0.478 e. The van der Waals surface area contributed by atoms with Crippen molar-refractivity contribution in [2.24, 2.45) is 0 Å². The molecule has 1 saturated heterocycles. The highest BCUT2D eigenvalue weighted by atomic mass is 16.4. The summed E-state index contributed by atoms with van der Waals surface area (Å²) in [5.74, 6) is -0.842. The molecule has 1 aliphatic rings. The summed E-state index contributed by atoms with van der Waals surface area (Å²) < 4.78 is 0. The maximum Gasteiger partial charge on any atom is 0.337 e. The molecule has 1 aromatic carbocycles. The molecule has 104 valence electrons. The predicted octanol–water partition coefficient (Wildman–Crippen LogP) is 2.22. The van der Waals surface area contributed by atoms with Gasteiger partial charge in [-0.1, -0.05) is 11.6 Å². The Hall–Kier alpha value is -1.55. The number of carboxylic acids is 1. The maximum absolute atomic E-state index is 11.4. The number of hydrogen-bond acceptors (Lipinski definition) is 3. The minimum absolute atomic E-state index is 0.416. The average molecular weight is 262 g/mol. The molecular formula is C15H22N2O2. The van der Waals surface area contributed by atoms with E-state index < -0.39 is 5.97 Å². The smallest absolute Gasteiger partial charge is 0.337 e. The van der Waals surface area contributed by atoms with Crippen molar-refractivity contribution < 1.29 is 9.90 Å². The van der Waals surface area contributed by atoms with Crippen LogP contribution in [0.3, 0.4) is 0 Å². The van der Waals surface area contributed by atoms with Crippen LogP contribution in [-0.2, 0) is 0 Å². The highest BCUT2D eigenvalue weighted by Gasteiger charge is 2.24. The molecule has 4 nitrogen and oxygen atoms in total. The molecular weight excluding hydrogens is 240 g/mol. The number of aryl methyl sites for hydroxylation is 1. The molecule has 0 amide bonds. The summed E-state index contributed by atoms with van der Waals surface area (Å²) in [4.78, 5) is 15.8. The number of nitrogens with zero attached hydrogens (tertiary/aromatic N) is 2. The minimum atomic E-state index is -0.842. The first-order chi connectivity index (χ1) is 8.99. The number of benzene rings is 1. The van der Waals surface area contributed by atoms with E-state index in [0.717, 1.165) is 30.8 Å². The van der Waals surface area contributed by atoms with Gasteiger partial charge in [0.05, 0.1) is 11.3 Å². The largest absolute Gasteiger partial charge is 0.478 e. The van der Waals surface area contributed by atoms with Crippen molar-refractivity contribution in [2.75, 3.05) is 32.1 Å². The van der Waals surface area contributed by atoms with Crippen LogP contribution in [0.1, 0.15) is 28.8 Å². The fraction of sp³-hybridized carbons (Fsp3) is 0.533. The quantitative estimate of drug-likeness (QED) is 0.907. The highest BCUT2D eigenvalue weighted by molar-refractivity contribution is 5.94. The third kappa shape index (κ3) is 3.07. The van der Waals surface area contributed by atoms with Gasteiger partial charge in [0.15, 0.2) is 0 Å². The van der Waals surface area contributed by atoms with Gasteiger partial charge in [-0.3, -0.25) is 0 Å². The monoisotopic (exact) mass is 262 g/mol. The van der Waals surface area contributed by atoms with Gasteiger partial charge in [-0.15, -0.1) is 0 Å². The van der Waals surface area contributed by atoms with Gasteiger partial charge in [0.1, 0.15) is 0 Å². The Kier molecular flexibility index (Phi) is 4.10. The van der Waals surface area contributed by atoms with Gasteiger partial charge in [-0.05, 0) is 46.0 Å². The molecule has 19 heavy (non-hydrogen) atoms. The van der Waals surface area contributed by atoms with E-state index in [1.165, 1.54) is 6.42 Å². The summed E-state index contributed by atoms with van der Waals surface area (Å²) in [6, 6.07) is 6.19. The van der Waals surface area contributed by atoms with E-state index >= 15 is 0 Å². The van der Waals surface area contributed by atoms with E-state index in [9.17, 15) is 9.90 Å². The summed E-state index contributed by atoms with van der Waals surface area (Å²) in [5, 5.41) is 9.36. The predicted molar refractivity (Wildman–Crippen MR) is 77.1 cm³/mol. The standard InChI is InChI=1S/C15H22N2O2/c1-11-6-7-14(13(9-11)15(18)19)17-8-4-5-12(10-17)16(2)3/h6-7,9,12H,4-5,8,10H2,1-3H3,(H,18,19). The second kappa shape index (κ2) is 5.61. The Morgan fingerprint density at radius 3 is 2.79 bits per heavy atom. The summed E-state index contributed by atoms with van der Waals surface area (Å²) in [7, 11) is 4.17. The molecule has 1 heterocycles. The molecule has 4 heteroatoms. The number of piperidine rings is 1. The zero-order valence-corrected chi connectivity index (χ0v) is 11.9. The molecule has 1 N–H and O–H groups in total. The van der Waals surface area contributed by atoms with Gasteiger partial charge < -0.3 is 14.9 Å². The molecule has 1 atom stereocenters. The summed E-state index contributed by atoms with van der Waals surface area (Å²) in [6.07, 6.45) is 2.29. The first-order valence-corrected chi connectivity index (χ1v) is 6.74. The lowest BCUT2D eigenvalue weighted by Gasteiger charge is -2.38. The fourth-order valence-electron chi connectivity index (χ4n) is 2.69. The van der Waals surface area contributed by atoms with Crippen LogP contribution in [0, 0.1) is 6.92 Å². The van der Waals surface area contributed by atoms with Crippen molar-refractivity contribution in [1.82, 2.24) is 4.90 Å². The zero-order valence-electron chi connectivity index (χ0n) is 11.9. The van der Waals surface area contributed by atoms with Crippen LogP contribution in [0.5, 0.6) is 0 Å². The number of anilines is 1. The second-order valence-electron chi connectivity index (χ2n) is 5.53. The first-order valence-electron chi connectivity index (χ1n) is 6.74. The molecule has 1 fully saturated rings. The normalized spacial score (nSPS) is 19.8. The molecule has 1 unspecified atom stereocenters. The number of likely N-dealkylation sites (N-methyl/N-ethyl adjacent to an activating group) is 1. The van der Waals surface area contributed by atoms with E-state index in [-0.39, 0.29) is 0 Å². The van der Waals surface area contributed by atoms with Crippen molar-refractivity contribution >= 4 is 11.7 Å². The van der Waals surface area contributed by atoms with Crippen LogP contribution < -0.4 is 4.90 Å². The third-order valence-electron chi connectivity index (χ3n) is 3.85. The lowest BCUT2D eigenvalue weighted by molar-refractivity contribution is 0.0697. The van der Waals surface area contributed by atoms with E-state index in [2.05, 4.69) is 23.9 Å². The zero-order chi connectivity index (χ0) is 14.0. The van der Waals surface area contributed by atoms with Crippen molar-refractivity contribution in [3.8, 4) is 0 Å². The van der Waals surface area contributed by atoms with E-state index in [1.54, 1.807) is 6.07 Å². The van der Waals surface area contributed by atoms with Gasteiger partial charge in [-0.25, -0.2) is 4.79 Å². The molecule has 0 aliphatic carbocycles. The SMILES string of the molecule is Cc1ccc(N2CCCC(N(C)C)C2)c(C(=O)O)c1. The Morgan fingerprint density at radius 2 is 2.16 bits per heavy atom. The third-order valence-corrected chi connectivity index (χ3v) is 3.85. The van der Waals surface area contributed by atoms with Crippen molar-refractivity contribution in [1.29, 1.82) is 0 Å². The molecule has 0 bridgehead atoms. The lowest BCUT2D eigenvalue weighted by atomic mass is 10.0. The highest BCUT2D eigenvalue weighted by Crippen LogP contribution is 2.26. The Labute approximate surface area is 114 Å². The summed E-state index contributed by atoms with van der Waals surface area (Å²) >= 11 is 0. The van der Waals surface area contributed by atoms with Crippen molar-refractivity contribution in [3.63, 3.8) is 0 Å². The molecule has 0 aromatic heterocycles. The molecule has 0 saturated carbocycles. The maximum atomic E-state index is 11.4. The fourth-order valence-corrected chi connectivity index (χ4v) is 2.69. The van der Waals surface area contributed by atoms with Gasteiger partial charge >= 0.3 is 5.97 Å². The van der Waals surface area contributed by atoms with Gasteiger partial charge in [0.2, 0.25) is 0 Å². The van der Waals surface area contributed by atoms with Gasteiger partial charge in [-0.2, -0.15) is 0 Å². The van der Waals surface area contributed by atoms with Crippen molar-refractivity contribution in [3.05, 3.63) is 29.3 Å². The van der Waals surface area contributed by atoms with Crippen LogP contribution in [0.15, 0.2) is 18.2 Å². The van der Waals surface area contributed by atoms with Crippen molar-refractivity contribution in [2.45, 2.75) is 25.8 Å². The Morgan fingerprint density at radius 1 is 1.42 bits per heavy atom.